The highest BCUT2D eigenvalue weighted by Crippen LogP contribution is 2.24. The van der Waals surface area contributed by atoms with Crippen LogP contribution in [0.4, 0.5) is 4.39 Å². The lowest BCUT2D eigenvalue weighted by Crippen LogP contribution is -2.36. The van der Waals surface area contributed by atoms with Gasteiger partial charge in [0.05, 0.1) is 6.10 Å². The summed E-state index contributed by atoms with van der Waals surface area (Å²) in [5, 5.41) is 7.52. The second-order valence-electron chi connectivity index (χ2n) is 2.84. The van der Waals surface area contributed by atoms with E-state index in [4.69, 9.17) is 5.11 Å². The Morgan fingerprint density at radius 3 is 2.00 bits per heavy atom. The fraction of sp³-hybridized carbons (Fsp3) is 1.00. The molecule has 4 heteroatoms. The van der Waals surface area contributed by atoms with Crippen molar-refractivity contribution in [2.75, 3.05) is 0 Å². The van der Waals surface area contributed by atoms with Gasteiger partial charge >= 0.3 is 0 Å². The molecule has 3 unspecified atom stereocenters. The predicted molar refractivity (Wildman–Crippen MR) is 42.9 cm³/mol. The Kier molecular flexibility index (Phi) is 3.11. The van der Waals surface area contributed by atoms with E-state index in [9.17, 15) is 4.39 Å². The van der Waals surface area contributed by atoms with Crippen LogP contribution in [-0.4, -0.2) is 24.4 Å². The van der Waals surface area contributed by atoms with Crippen LogP contribution in [0.1, 0.15) is 13.8 Å². The average Bonchev–Trinajstić information content (AvgIpc) is 1.62. The molecule has 0 aromatic carbocycles. The minimum atomic E-state index is -1.55. The lowest BCUT2D eigenvalue weighted by molar-refractivity contribution is 0.0611. The number of hydrogen-bond acceptors (Lipinski definition) is 1. The summed E-state index contributed by atoms with van der Waals surface area (Å²) >= 11 is 0. The molecule has 0 bridgehead atoms. The first-order valence-electron chi connectivity index (χ1n) is 3.01. The summed E-state index contributed by atoms with van der Waals surface area (Å²) in [5.74, 6) is -0.0301. The van der Waals surface area contributed by atoms with Gasteiger partial charge in [0.25, 0.3) is 0 Å². The molecule has 0 saturated heterocycles. The summed E-state index contributed by atoms with van der Waals surface area (Å²) in [5.41, 5.74) is 0. The minimum absolute atomic E-state index is 0.0301. The molecular formula is C5H13BFOP. The summed E-state index contributed by atoms with van der Waals surface area (Å²) < 4.78 is 12.7. The van der Waals surface area contributed by atoms with Gasteiger partial charge in [0, 0.05) is 0 Å². The van der Waals surface area contributed by atoms with Crippen LogP contribution in [-0.2, 0) is 0 Å². The van der Waals surface area contributed by atoms with E-state index >= 15 is 0 Å². The first-order chi connectivity index (χ1) is 3.85. The molecule has 0 saturated carbocycles. The molecule has 0 aromatic rings. The standard InChI is InChI=1S/C5H13BFOP/c1-3(2)4(8)5(6,7)9/h3-4,8H,6,9H2,1-2H3. The van der Waals surface area contributed by atoms with Gasteiger partial charge in [0.2, 0.25) is 0 Å². The number of aliphatic hydroxyl groups is 1. The van der Waals surface area contributed by atoms with E-state index < -0.39 is 11.4 Å². The van der Waals surface area contributed by atoms with Gasteiger partial charge in [-0.1, -0.05) is 13.8 Å². The van der Waals surface area contributed by atoms with Crippen molar-refractivity contribution >= 4 is 17.1 Å². The molecule has 9 heavy (non-hydrogen) atoms. The molecule has 3 atom stereocenters. The van der Waals surface area contributed by atoms with Crippen molar-refractivity contribution in [1.82, 2.24) is 0 Å². The largest absolute Gasteiger partial charge is 0.390 e. The quantitative estimate of drug-likeness (QED) is 0.438. The molecule has 0 fully saturated rings. The molecule has 0 heterocycles. The summed E-state index contributed by atoms with van der Waals surface area (Å²) in [6.45, 7) is 3.57. The molecule has 0 radical (unpaired) electrons. The lowest BCUT2D eigenvalue weighted by Gasteiger charge is -2.24. The van der Waals surface area contributed by atoms with Gasteiger partial charge in [-0.05, 0) is 5.92 Å². The summed E-state index contributed by atoms with van der Waals surface area (Å²) in [4.78, 5) is 0. The van der Waals surface area contributed by atoms with Crippen LogP contribution in [0.3, 0.4) is 0 Å². The van der Waals surface area contributed by atoms with Crippen LogP contribution >= 0.6 is 9.24 Å². The van der Waals surface area contributed by atoms with Gasteiger partial charge in [-0.3, -0.25) is 0 Å². The number of rotatable bonds is 2. The third-order valence-electron chi connectivity index (χ3n) is 1.21. The van der Waals surface area contributed by atoms with E-state index in [0.29, 0.717) is 0 Å². The van der Waals surface area contributed by atoms with Gasteiger partial charge in [-0.25, -0.2) is 4.39 Å². The Hall–Kier alpha value is 0.385. The van der Waals surface area contributed by atoms with Crippen LogP contribution in [0.25, 0.3) is 0 Å². The third-order valence-corrected chi connectivity index (χ3v) is 1.55. The molecule has 1 N–H and O–H groups in total. The Morgan fingerprint density at radius 2 is 2.00 bits per heavy atom. The maximum Gasteiger partial charge on any atom is 0.158 e. The topological polar surface area (TPSA) is 20.2 Å². The first kappa shape index (κ1) is 9.38. The van der Waals surface area contributed by atoms with Crippen molar-refractivity contribution in [3.8, 4) is 0 Å². The Labute approximate surface area is 58.6 Å². The predicted octanol–water partition coefficient (Wildman–Crippen LogP) is 0.135. The summed E-state index contributed by atoms with van der Waals surface area (Å²) in [6.07, 6.45) is -0.887. The van der Waals surface area contributed by atoms with Gasteiger partial charge in [-0.15, -0.1) is 9.24 Å². The molecule has 1 nitrogen and oxygen atoms in total. The molecule has 0 rings (SSSR count). The fourth-order valence-electron chi connectivity index (χ4n) is 0.652. The highest BCUT2D eigenvalue weighted by molar-refractivity contribution is 7.22. The van der Waals surface area contributed by atoms with Gasteiger partial charge in [0.1, 0.15) is 5.31 Å². The Bertz CT molecular complexity index is 91.4. The highest BCUT2D eigenvalue weighted by Gasteiger charge is 2.29. The molecule has 0 aliphatic heterocycles. The molecule has 0 aliphatic rings. The second kappa shape index (κ2) is 2.98. The zero-order valence-electron chi connectivity index (χ0n) is 6.06. The molecule has 0 aliphatic carbocycles. The third kappa shape index (κ3) is 3.17. The molecule has 54 valence electrons. The average molecular weight is 150 g/mol. The zero-order valence-corrected chi connectivity index (χ0v) is 7.21. The van der Waals surface area contributed by atoms with Crippen LogP contribution in [0.5, 0.6) is 0 Å². The highest BCUT2D eigenvalue weighted by atomic mass is 31.0. The van der Waals surface area contributed by atoms with Crippen molar-refractivity contribution in [1.29, 1.82) is 0 Å². The van der Waals surface area contributed by atoms with E-state index in [1.807, 2.05) is 9.24 Å². The van der Waals surface area contributed by atoms with Crippen LogP contribution < -0.4 is 0 Å². The monoisotopic (exact) mass is 150 g/mol. The minimum Gasteiger partial charge on any atom is -0.390 e. The van der Waals surface area contributed by atoms with Gasteiger partial charge in [-0.2, -0.15) is 0 Å². The summed E-state index contributed by atoms with van der Waals surface area (Å²) in [6, 6.07) is 0. The van der Waals surface area contributed by atoms with Crippen molar-refractivity contribution in [2.24, 2.45) is 5.92 Å². The van der Waals surface area contributed by atoms with Crippen molar-refractivity contribution in [3.05, 3.63) is 0 Å². The van der Waals surface area contributed by atoms with Gasteiger partial charge in [0.15, 0.2) is 7.85 Å². The Morgan fingerprint density at radius 1 is 1.67 bits per heavy atom. The molecule has 0 amide bonds. The van der Waals surface area contributed by atoms with E-state index in [1.165, 1.54) is 7.85 Å². The molecular weight excluding hydrogens is 137 g/mol. The van der Waals surface area contributed by atoms with Gasteiger partial charge < -0.3 is 5.11 Å². The number of aliphatic hydroxyl groups excluding tert-OH is 1. The summed E-state index contributed by atoms with van der Waals surface area (Å²) in [7, 11) is 3.33. The van der Waals surface area contributed by atoms with Crippen molar-refractivity contribution < 1.29 is 9.50 Å². The zero-order chi connectivity index (χ0) is 7.65. The molecule has 0 spiro atoms. The normalized spacial score (nSPS) is 21.6. The maximum absolute atomic E-state index is 12.7. The van der Waals surface area contributed by atoms with Crippen LogP contribution in [0.15, 0.2) is 0 Å². The van der Waals surface area contributed by atoms with Crippen LogP contribution in [0.2, 0.25) is 0 Å². The van der Waals surface area contributed by atoms with Crippen molar-refractivity contribution in [2.45, 2.75) is 25.3 Å². The lowest BCUT2D eigenvalue weighted by atomic mass is 9.89. The second-order valence-corrected chi connectivity index (χ2v) is 3.97. The number of alkyl halides is 1. The van der Waals surface area contributed by atoms with E-state index in [2.05, 4.69) is 0 Å². The van der Waals surface area contributed by atoms with E-state index in [-0.39, 0.29) is 5.92 Å². The molecule has 0 aromatic heterocycles. The van der Waals surface area contributed by atoms with E-state index in [0.717, 1.165) is 0 Å². The van der Waals surface area contributed by atoms with Crippen molar-refractivity contribution in [3.63, 3.8) is 0 Å². The van der Waals surface area contributed by atoms with Crippen LogP contribution in [0, 0.1) is 5.92 Å². The SMILES string of the molecule is BC(F)(P)C(O)C(C)C. The Balaban J connectivity index is 3.88. The van der Waals surface area contributed by atoms with E-state index in [1.54, 1.807) is 13.8 Å². The maximum atomic E-state index is 12.7. The first-order valence-corrected chi connectivity index (χ1v) is 3.59. The number of halogens is 1. The smallest absolute Gasteiger partial charge is 0.158 e. The number of hydrogen-bond donors (Lipinski definition) is 1. The fourth-order valence-corrected chi connectivity index (χ4v) is 1.04.